The van der Waals surface area contributed by atoms with Crippen molar-refractivity contribution in [1.82, 2.24) is 0 Å². The van der Waals surface area contributed by atoms with E-state index in [0.717, 1.165) is 4.47 Å². The van der Waals surface area contributed by atoms with Crippen LogP contribution in [0.3, 0.4) is 0 Å². The molecule has 18 heavy (non-hydrogen) atoms. The van der Waals surface area contributed by atoms with Crippen LogP contribution in [-0.2, 0) is 9.53 Å². The van der Waals surface area contributed by atoms with Gasteiger partial charge in [-0.15, -0.1) is 0 Å². The van der Waals surface area contributed by atoms with Crippen molar-refractivity contribution in [2.45, 2.75) is 12.0 Å². The molecule has 0 aromatic heterocycles. The second-order valence-electron chi connectivity index (χ2n) is 4.21. The first kappa shape index (κ1) is 13.0. The Balaban J connectivity index is 2.19. The molecule has 1 fully saturated rings. The van der Waals surface area contributed by atoms with Gasteiger partial charge in [-0.3, -0.25) is 4.79 Å². The molecule has 1 aromatic rings. The van der Waals surface area contributed by atoms with E-state index < -0.39 is 5.54 Å². The number of amides is 1. The van der Waals surface area contributed by atoms with Gasteiger partial charge >= 0.3 is 0 Å². The summed E-state index contributed by atoms with van der Waals surface area (Å²) in [4.78, 5) is 12.1. The number of benzene rings is 1. The van der Waals surface area contributed by atoms with Crippen molar-refractivity contribution in [1.29, 1.82) is 5.26 Å². The number of nitriles is 1. The molecule has 0 radical (unpaired) electrons. The summed E-state index contributed by atoms with van der Waals surface area (Å²) in [6.07, 6.45) is 0.483. The lowest BCUT2D eigenvalue weighted by atomic mass is 9.99. The molecule has 0 spiro atoms. The average Bonchev–Trinajstić information content (AvgIpc) is 2.79. The molecular formula is C12H12BrN3O2. The molecule has 3 N–H and O–H groups in total. The van der Waals surface area contributed by atoms with E-state index in [2.05, 4.69) is 21.2 Å². The van der Waals surface area contributed by atoms with Crippen molar-refractivity contribution in [2.24, 2.45) is 5.73 Å². The lowest BCUT2D eigenvalue weighted by molar-refractivity contribution is -0.121. The summed E-state index contributed by atoms with van der Waals surface area (Å²) in [6, 6.07) is 7.09. The van der Waals surface area contributed by atoms with Crippen LogP contribution in [0.1, 0.15) is 12.0 Å². The van der Waals surface area contributed by atoms with Gasteiger partial charge in [-0.1, -0.05) is 15.9 Å². The number of nitrogens with zero attached hydrogens (tertiary/aromatic N) is 1. The number of nitrogens with two attached hydrogens (primary N) is 1. The molecule has 5 nitrogen and oxygen atoms in total. The van der Waals surface area contributed by atoms with Crippen LogP contribution in [0.4, 0.5) is 5.69 Å². The molecule has 1 saturated heterocycles. The Labute approximate surface area is 113 Å². The maximum absolute atomic E-state index is 12.1. The molecule has 1 heterocycles. The summed E-state index contributed by atoms with van der Waals surface area (Å²) in [7, 11) is 0. The molecule has 1 aromatic carbocycles. The number of anilines is 1. The number of carbonyl (C=O) groups is 1. The topological polar surface area (TPSA) is 88.1 Å². The first-order valence-corrected chi connectivity index (χ1v) is 6.22. The fraction of sp³-hybridized carbons (Fsp3) is 0.333. The van der Waals surface area contributed by atoms with Crippen molar-refractivity contribution in [2.75, 3.05) is 18.5 Å². The first-order chi connectivity index (χ1) is 8.55. The zero-order chi connectivity index (χ0) is 13.2. The normalized spacial score (nSPS) is 22.5. The first-order valence-electron chi connectivity index (χ1n) is 5.43. The molecule has 1 aliphatic heterocycles. The number of ether oxygens (including phenoxy) is 1. The van der Waals surface area contributed by atoms with E-state index >= 15 is 0 Å². The Morgan fingerprint density at radius 2 is 2.39 bits per heavy atom. The second kappa shape index (κ2) is 5.06. The third-order valence-electron chi connectivity index (χ3n) is 2.85. The Kier molecular flexibility index (Phi) is 3.66. The maximum Gasteiger partial charge on any atom is 0.246 e. The van der Waals surface area contributed by atoms with Gasteiger partial charge in [-0.25, -0.2) is 0 Å². The number of carbonyl (C=O) groups excluding carboxylic acids is 1. The van der Waals surface area contributed by atoms with Gasteiger partial charge in [0, 0.05) is 11.1 Å². The van der Waals surface area contributed by atoms with Crippen LogP contribution in [0.25, 0.3) is 0 Å². The summed E-state index contributed by atoms with van der Waals surface area (Å²) in [5.74, 6) is -0.321. The summed E-state index contributed by atoms with van der Waals surface area (Å²) < 4.78 is 5.92. The zero-order valence-electron chi connectivity index (χ0n) is 9.57. The largest absolute Gasteiger partial charge is 0.379 e. The van der Waals surface area contributed by atoms with E-state index in [4.69, 9.17) is 15.7 Å². The average molecular weight is 310 g/mol. The van der Waals surface area contributed by atoms with E-state index in [9.17, 15) is 4.79 Å². The van der Waals surface area contributed by atoms with Crippen LogP contribution < -0.4 is 11.1 Å². The van der Waals surface area contributed by atoms with Gasteiger partial charge in [0.15, 0.2) is 0 Å². The van der Waals surface area contributed by atoms with Crippen LogP contribution in [0, 0.1) is 11.3 Å². The molecule has 1 amide bonds. The minimum Gasteiger partial charge on any atom is -0.379 e. The fourth-order valence-electron chi connectivity index (χ4n) is 1.72. The number of halogens is 1. The van der Waals surface area contributed by atoms with Crippen molar-refractivity contribution >= 4 is 27.5 Å². The van der Waals surface area contributed by atoms with Crippen molar-refractivity contribution in [3.05, 3.63) is 28.2 Å². The highest BCUT2D eigenvalue weighted by atomic mass is 79.9. The minimum atomic E-state index is -1.00. The predicted octanol–water partition coefficient (Wildman–Crippen LogP) is 1.38. The summed E-state index contributed by atoms with van der Waals surface area (Å²) in [5.41, 5.74) is 5.79. The van der Waals surface area contributed by atoms with Crippen molar-refractivity contribution in [3.8, 4) is 6.07 Å². The standard InChI is InChI=1S/C12H12BrN3O2/c13-9-1-2-10(8(5-9)6-14)16-11(17)12(15)3-4-18-7-12/h1-2,5H,3-4,7,15H2,(H,16,17). The maximum atomic E-state index is 12.1. The molecule has 6 heteroatoms. The monoisotopic (exact) mass is 309 g/mol. The highest BCUT2D eigenvalue weighted by molar-refractivity contribution is 9.10. The van der Waals surface area contributed by atoms with Crippen LogP contribution >= 0.6 is 15.9 Å². The lowest BCUT2D eigenvalue weighted by Crippen LogP contribution is -2.51. The summed E-state index contributed by atoms with van der Waals surface area (Å²) in [6.45, 7) is 0.687. The highest BCUT2D eigenvalue weighted by Gasteiger charge is 2.38. The highest BCUT2D eigenvalue weighted by Crippen LogP contribution is 2.23. The van der Waals surface area contributed by atoms with Gasteiger partial charge < -0.3 is 15.8 Å². The van der Waals surface area contributed by atoms with Crippen LogP contribution in [0.15, 0.2) is 22.7 Å². The van der Waals surface area contributed by atoms with E-state index in [0.29, 0.717) is 24.3 Å². The molecule has 1 atom stereocenters. The van der Waals surface area contributed by atoms with E-state index in [1.807, 2.05) is 6.07 Å². The molecule has 1 unspecified atom stereocenters. The third kappa shape index (κ3) is 2.53. The number of nitrogens with one attached hydrogen (secondary N) is 1. The number of rotatable bonds is 2. The quantitative estimate of drug-likeness (QED) is 0.863. The molecule has 94 valence electrons. The molecular weight excluding hydrogens is 298 g/mol. The van der Waals surface area contributed by atoms with Gasteiger partial charge in [-0.05, 0) is 24.6 Å². The second-order valence-corrected chi connectivity index (χ2v) is 5.13. The van der Waals surface area contributed by atoms with Gasteiger partial charge in [0.2, 0.25) is 5.91 Å². The zero-order valence-corrected chi connectivity index (χ0v) is 11.2. The lowest BCUT2D eigenvalue weighted by Gasteiger charge is -2.21. The van der Waals surface area contributed by atoms with Crippen LogP contribution in [0.2, 0.25) is 0 Å². The Morgan fingerprint density at radius 1 is 1.61 bits per heavy atom. The van der Waals surface area contributed by atoms with Crippen LogP contribution in [0.5, 0.6) is 0 Å². The smallest absolute Gasteiger partial charge is 0.246 e. The van der Waals surface area contributed by atoms with Crippen molar-refractivity contribution in [3.63, 3.8) is 0 Å². The third-order valence-corrected chi connectivity index (χ3v) is 3.35. The molecule has 2 rings (SSSR count). The number of hydrogen-bond acceptors (Lipinski definition) is 4. The number of hydrogen-bond donors (Lipinski definition) is 2. The summed E-state index contributed by atoms with van der Waals surface area (Å²) in [5, 5.41) is 11.7. The van der Waals surface area contributed by atoms with Gasteiger partial charge in [0.05, 0.1) is 17.9 Å². The van der Waals surface area contributed by atoms with E-state index in [1.54, 1.807) is 18.2 Å². The summed E-state index contributed by atoms with van der Waals surface area (Å²) >= 11 is 3.27. The van der Waals surface area contributed by atoms with Crippen molar-refractivity contribution < 1.29 is 9.53 Å². The molecule has 0 bridgehead atoms. The van der Waals surface area contributed by atoms with Gasteiger partial charge in [-0.2, -0.15) is 5.26 Å². The molecule has 0 saturated carbocycles. The Hall–Kier alpha value is -1.42. The van der Waals surface area contributed by atoms with Gasteiger partial charge in [0.1, 0.15) is 11.6 Å². The van der Waals surface area contributed by atoms with Gasteiger partial charge in [0.25, 0.3) is 0 Å². The molecule has 0 aliphatic carbocycles. The minimum absolute atomic E-state index is 0.206. The van der Waals surface area contributed by atoms with E-state index in [-0.39, 0.29) is 12.5 Å². The van der Waals surface area contributed by atoms with Crippen LogP contribution in [-0.4, -0.2) is 24.7 Å². The predicted molar refractivity (Wildman–Crippen MR) is 69.8 cm³/mol. The Morgan fingerprint density at radius 3 is 3.00 bits per heavy atom. The fourth-order valence-corrected chi connectivity index (χ4v) is 2.09. The molecule has 1 aliphatic rings. The Bertz CT molecular complexity index is 519. The van der Waals surface area contributed by atoms with E-state index in [1.165, 1.54) is 0 Å². The SMILES string of the molecule is N#Cc1cc(Br)ccc1NC(=O)C1(N)CCOC1.